The van der Waals surface area contributed by atoms with E-state index < -0.39 is 0 Å². The fourth-order valence-corrected chi connectivity index (χ4v) is 2.46. The highest BCUT2D eigenvalue weighted by Gasteiger charge is 2.16. The van der Waals surface area contributed by atoms with Crippen LogP contribution in [0.4, 0.5) is 0 Å². The number of rotatable bonds is 4. The van der Waals surface area contributed by atoms with Gasteiger partial charge in [0.15, 0.2) is 0 Å². The summed E-state index contributed by atoms with van der Waals surface area (Å²) in [5.74, 6) is 0.966. The van der Waals surface area contributed by atoms with E-state index in [9.17, 15) is 0 Å². The van der Waals surface area contributed by atoms with Gasteiger partial charge in [0, 0.05) is 6.54 Å². The summed E-state index contributed by atoms with van der Waals surface area (Å²) in [4.78, 5) is 2.49. The van der Waals surface area contributed by atoms with Crippen molar-refractivity contribution in [2.75, 3.05) is 33.2 Å². The van der Waals surface area contributed by atoms with Gasteiger partial charge in [0.25, 0.3) is 0 Å². The van der Waals surface area contributed by atoms with E-state index in [1.165, 1.54) is 45.4 Å². The van der Waals surface area contributed by atoms with E-state index in [4.69, 9.17) is 0 Å². The van der Waals surface area contributed by atoms with Crippen molar-refractivity contribution in [1.29, 1.82) is 0 Å². The van der Waals surface area contributed by atoms with Gasteiger partial charge in [-0.05, 0) is 57.3 Å². The van der Waals surface area contributed by atoms with Gasteiger partial charge in [-0.2, -0.15) is 0 Å². The molecule has 0 aromatic heterocycles. The van der Waals surface area contributed by atoms with Crippen molar-refractivity contribution in [1.82, 2.24) is 10.2 Å². The van der Waals surface area contributed by atoms with Gasteiger partial charge in [0.1, 0.15) is 0 Å². The van der Waals surface area contributed by atoms with Crippen molar-refractivity contribution in [2.24, 2.45) is 11.3 Å². The van der Waals surface area contributed by atoms with Gasteiger partial charge in [-0.1, -0.05) is 20.8 Å². The summed E-state index contributed by atoms with van der Waals surface area (Å²) in [6.45, 7) is 11.9. The maximum absolute atomic E-state index is 3.43. The highest BCUT2D eigenvalue weighted by molar-refractivity contribution is 4.71. The minimum absolute atomic E-state index is 0.433. The van der Waals surface area contributed by atoms with Crippen LogP contribution in [0.3, 0.4) is 0 Å². The van der Waals surface area contributed by atoms with Gasteiger partial charge in [-0.15, -0.1) is 0 Å². The van der Waals surface area contributed by atoms with Gasteiger partial charge in [0.2, 0.25) is 0 Å². The van der Waals surface area contributed by atoms with Gasteiger partial charge >= 0.3 is 0 Å². The topological polar surface area (TPSA) is 15.3 Å². The maximum atomic E-state index is 3.43. The van der Waals surface area contributed by atoms with Crippen LogP contribution in [0.15, 0.2) is 0 Å². The van der Waals surface area contributed by atoms with E-state index in [0.717, 1.165) is 5.92 Å². The van der Waals surface area contributed by atoms with Crippen LogP contribution in [0.25, 0.3) is 0 Å². The second-order valence-electron chi connectivity index (χ2n) is 6.28. The van der Waals surface area contributed by atoms with Crippen molar-refractivity contribution in [3.8, 4) is 0 Å². The van der Waals surface area contributed by atoms with Crippen LogP contribution in [-0.4, -0.2) is 38.1 Å². The van der Waals surface area contributed by atoms with Crippen LogP contribution in [0.1, 0.15) is 40.0 Å². The predicted octanol–water partition coefficient (Wildman–Crippen LogP) is 2.35. The number of hydrogen-bond acceptors (Lipinski definition) is 2. The molecule has 0 atom stereocenters. The van der Waals surface area contributed by atoms with E-state index in [0.29, 0.717) is 5.41 Å². The summed E-state index contributed by atoms with van der Waals surface area (Å²) in [5.41, 5.74) is 0.433. The smallest absolute Gasteiger partial charge is 0.00270 e. The number of piperidine rings is 1. The maximum Gasteiger partial charge on any atom is 0.00270 e. The lowest BCUT2D eigenvalue weighted by Crippen LogP contribution is -2.33. The van der Waals surface area contributed by atoms with Crippen LogP contribution >= 0.6 is 0 Å². The molecule has 0 radical (unpaired) electrons. The molecule has 2 heteroatoms. The first-order chi connectivity index (χ1) is 6.97. The Hall–Kier alpha value is -0.0800. The quantitative estimate of drug-likeness (QED) is 0.769. The molecule has 1 aliphatic heterocycles. The average Bonchev–Trinajstić information content (AvgIpc) is 2.14. The Labute approximate surface area is 95.4 Å². The molecule has 1 aliphatic rings. The Kier molecular flexibility index (Phi) is 5.07. The van der Waals surface area contributed by atoms with Crippen molar-refractivity contribution in [3.05, 3.63) is 0 Å². The number of hydrogen-bond donors (Lipinski definition) is 1. The molecule has 0 spiro atoms. The molecule has 0 aromatic rings. The van der Waals surface area contributed by atoms with Gasteiger partial charge < -0.3 is 10.2 Å². The molecule has 0 bridgehead atoms. The molecule has 0 saturated carbocycles. The molecular formula is C13H28N2. The Morgan fingerprint density at radius 3 is 2.33 bits per heavy atom. The normalized spacial score (nSPS) is 19.8. The zero-order valence-corrected chi connectivity index (χ0v) is 11.0. The van der Waals surface area contributed by atoms with Crippen LogP contribution < -0.4 is 5.32 Å². The molecular weight excluding hydrogens is 184 g/mol. The molecule has 90 valence electrons. The first-order valence-corrected chi connectivity index (χ1v) is 6.37. The number of nitrogens with zero attached hydrogens (tertiary/aromatic N) is 1. The molecule has 2 nitrogen and oxygen atoms in total. The molecule has 1 saturated heterocycles. The minimum atomic E-state index is 0.433. The fourth-order valence-electron chi connectivity index (χ4n) is 2.46. The Balaban J connectivity index is 2.12. The van der Waals surface area contributed by atoms with E-state index in [2.05, 4.69) is 38.0 Å². The lowest BCUT2D eigenvalue weighted by molar-refractivity contribution is 0.206. The second-order valence-corrected chi connectivity index (χ2v) is 6.28. The highest BCUT2D eigenvalue weighted by atomic mass is 15.1. The molecule has 1 fully saturated rings. The van der Waals surface area contributed by atoms with E-state index in [1.807, 2.05) is 0 Å². The van der Waals surface area contributed by atoms with Gasteiger partial charge in [-0.25, -0.2) is 0 Å². The first kappa shape index (κ1) is 13.0. The zero-order valence-electron chi connectivity index (χ0n) is 11.0. The van der Waals surface area contributed by atoms with Crippen molar-refractivity contribution >= 4 is 0 Å². The summed E-state index contributed by atoms with van der Waals surface area (Å²) in [6.07, 6.45) is 4.14. The highest BCUT2D eigenvalue weighted by Crippen LogP contribution is 2.18. The van der Waals surface area contributed by atoms with E-state index in [1.54, 1.807) is 0 Å². The molecule has 0 aromatic carbocycles. The standard InChI is InChI=1S/C13H28N2/c1-13(2,3)11-15(4)10-7-12-5-8-14-9-6-12/h12,14H,5-11H2,1-4H3. The van der Waals surface area contributed by atoms with Crippen molar-refractivity contribution in [2.45, 2.75) is 40.0 Å². The summed E-state index contributed by atoms with van der Waals surface area (Å²) < 4.78 is 0. The largest absolute Gasteiger partial charge is 0.317 e. The predicted molar refractivity (Wildman–Crippen MR) is 67.2 cm³/mol. The number of nitrogens with one attached hydrogen (secondary N) is 1. The van der Waals surface area contributed by atoms with Gasteiger partial charge in [0.05, 0.1) is 0 Å². The lowest BCUT2D eigenvalue weighted by Gasteiger charge is -2.29. The molecule has 0 amide bonds. The molecule has 0 aliphatic carbocycles. The fraction of sp³-hybridized carbons (Fsp3) is 1.00. The SMILES string of the molecule is CN(CCC1CCNCC1)CC(C)(C)C. The van der Waals surface area contributed by atoms with E-state index in [-0.39, 0.29) is 0 Å². The average molecular weight is 212 g/mol. The molecule has 1 N–H and O–H groups in total. The second kappa shape index (κ2) is 5.86. The third-order valence-electron chi connectivity index (χ3n) is 3.12. The molecule has 15 heavy (non-hydrogen) atoms. The van der Waals surface area contributed by atoms with Crippen LogP contribution in [0.2, 0.25) is 0 Å². The lowest BCUT2D eigenvalue weighted by atomic mass is 9.93. The summed E-state index contributed by atoms with van der Waals surface area (Å²) >= 11 is 0. The van der Waals surface area contributed by atoms with Crippen molar-refractivity contribution in [3.63, 3.8) is 0 Å². The third kappa shape index (κ3) is 6.16. The molecule has 1 rings (SSSR count). The van der Waals surface area contributed by atoms with Crippen molar-refractivity contribution < 1.29 is 0 Å². The summed E-state index contributed by atoms with van der Waals surface area (Å²) in [7, 11) is 2.26. The summed E-state index contributed by atoms with van der Waals surface area (Å²) in [5, 5.41) is 3.43. The Bertz CT molecular complexity index is 166. The zero-order chi connectivity index (χ0) is 11.3. The van der Waals surface area contributed by atoms with Crippen LogP contribution in [-0.2, 0) is 0 Å². The molecule has 0 unspecified atom stereocenters. The monoisotopic (exact) mass is 212 g/mol. The minimum Gasteiger partial charge on any atom is -0.317 e. The Morgan fingerprint density at radius 2 is 1.80 bits per heavy atom. The van der Waals surface area contributed by atoms with Crippen LogP contribution in [0.5, 0.6) is 0 Å². The summed E-state index contributed by atoms with van der Waals surface area (Å²) in [6, 6.07) is 0. The van der Waals surface area contributed by atoms with Gasteiger partial charge in [-0.3, -0.25) is 0 Å². The molecule has 1 heterocycles. The first-order valence-electron chi connectivity index (χ1n) is 6.37. The van der Waals surface area contributed by atoms with E-state index >= 15 is 0 Å². The van der Waals surface area contributed by atoms with Crippen LogP contribution in [0, 0.1) is 11.3 Å². The third-order valence-corrected chi connectivity index (χ3v) is 3.12. The Morgan fingerprint density at radius 1 is 1.20 bits per heavy atom.